The van der Waals surface area contributed by atoms with Crippen LogP contribution in [0.2, 0.25) is 0 Å². The molecule has 2 aliphatic rings. The summed E-state index contributed by atoms with van der Waals surface area (Å²) in [5.74, 6) is 3.71. The maximum absolute atomic E-state index is 10.7. The molecule has 0 spiro atoms. The minimum Gasteiger partial charge on any atom is -0.393 e. The van der Waals surface area contributed by atoms with Crippen molar-refractivity contribution in [3.8, 4) is 0 Å². The Balaban J connectivity index is 1.91. The van der Waals surface area contributed by atoms with E-state index < -0.39 is 0 Å². The van der Waals surface area contributed by atoms with Crippen LogP contribution in [-0.4, -0.2) is 11.2 Å². The van der Waals surface area contributed by atoms with Crippen molar-refractivity contribution in [1.29, 1.82) is 0 Å². The van der Waals surface area contributed by atoms with Gasteiger partial charge in [-0.1, -0.05) is 40.0 Å². The standard InChI is InChI=1S/C17H32O/c1-4-14-6-5-7-15(11-14)17(18)16-9-12(2)8-13(3)10-16/h12-18H,4-11H2,1-3H3. The Morgan fingerprint density at radius 2 is 1.61 bits per heavy atom. The van der Waals surface area contributed by atoms with Crippen LogP contribution < -0.4 is 0 Å². The summed E-state index contributed by atoms with van der Waals surface area (Å²) >= 11 is 0. The molecule has 2 rings (SSSR count). The van der Waals surface area contributed by atoms with Crippen molar-refractivity contribution < 1.29 is 5.11 Å². The van der Waals surface area contributed by atoms with Crippen molar-refractivity contribution in [2.75, 3.05) is 0 Å². The van der Waals surface area contributed by atoms with Crippen LogP contribution >= 0.6 is 0 Å². The first kappa shape index (κ1) is 14.4. The normalized spacial score (nSPS) is 43.7. The second-order valence-electron chi connectivity index (χ2n) is 7.37. The summed E-state index contributed by atoms with van der Waals surface area (Å²) in [5, 5.41) is 10.7. The average molecular weight is 252 g/mol. The molecule has 0 aromatic carbocycles. The van der Waals surface area contributed by atoms with E-state index in [0.717, 1.165) is 17.8 Å². The SMILES string of the molecule is CCC1CCCC(C(O)C2CC(C)CC(C)C2)C1. The highest BCUT2D eigenvalue weighted by atomic mass is 16.3. The zero-order valence-electron chi connectivity index (χ0n) is 12.6. The van der Waals surface area contributed by atoms with Gasteiger partial charge in [-0.25, -0.2) is 0 Å². The predicted molar refractivity (Wildman–Crippen MR) is 77.4 cm³/mol. The van der Waals surface area contributed by atoms with E-state index in [2.05, 4.69) is 20.8 Å². The monoisotopic (exact) mass is 252 g/mol. The minimum absolute atomic E-state index is 0.00968. The Kier molecular flexibility index (Phi) is 5.12. The molecule has 1 nitrogen and oxygen atoms in total. The molecule has 5 unspecified atom stereocenters. The van der Waals surface area contributed by atoms with Crippen molar-refractivity contribution >= 4 is 0 Å². The molecule has 5 atom stereocenters. The van der Waals surface area contributed by atoms with Gasteiger partial charge in [0.05, 0.1) is 6.10 Å². The molecule has 0 aromatic heterocycles. The first-order chi connectivity index (χ1) is 8.60. The van der Waals surface area contributed by atoms with E-state index in [4.69, 9.17) is 0 Å². The molecule has 1 heteroatoms. The van der Waals surface area contributed by atoms with Crippen LogP contribution in [0, 0.1) is 29.6 Å². The fourth-order valence-electron chi connectivity index (χ4n) is 4.69. The molecular formula is C17H32O. The van der Waals surface area contributed by atoms with Crippen molar-refractivity contribution in [3.05, 3.63) is 0 Å². The van der Waals surface area contributed by atoms with Crippen molar-refractivity contribution in [2.24, 2.45) is 29.6 Å². The van der Waals surface area contributed by atoms with E-state index in [1.165, 1.54) is 51.4 Å². The highest BCUT2D eigenvalue weighted by Gasteiger charge is 2.35. The quantitative estimate of drug-likeness (QED) is 0.776. The maximum Gasteiger partial charge on any atom is 0.0596 e. The number of aliphatic hydroxyl groups is 1. The molecule has 0 saturated heterocycles. The van der Waals surface area contributed by atoms with E-state index in [1.807, 2.05) is 0 Å². The third kappa shape index (κ3) is 3.50. The summed E-state index contributed by atoms with van der Waals surface area (Å²) < 4.78 is 0. The lowest BCUT2D eigenvalue weighted by atomic mass is 9.68. The van der Waals surface area contributed by atoms with E-state index in [9.17, 15) is 5.11 Å². The van der Waals surface area contributed by atoms with Gasteiger partial charge in [0.1, 0.15) is 0 Å². The van der Waals surface area contributed by atoms with Gasteiger partial charge in [-0.05, 0) is 61.7 Å². The number of rotatable bonds is 3. The minimum atomic E-state index is -0.00968. The summed E-state index contributed by atoms with van der Waals surface area (Å²) in [6, 6.07) is 0. The molecular weight excluding hydrogens is 220 g/mol. The molecule has 0 heterocycles. The lowest BCUT2D eigenvalue weighted by Gasteiger charge is -2.40. The van der Waals surface area contributed by atoms with Crippen molar-refractivity contribution in [1.82, 2.24) is 0 Å². The van der Waals surface area contributed by atoms with Crippen molar-refractivity contribution in [2.45, 2.75) is 78.2 Å². The molecule has 0 radical (unpaired) electrons. The maximum atomic E-state index is 10.7. The third-order valence-corrected chi connectivity index (χ3v) is 5.58. The molecule has 2 saturated carbocycles. The highest BCUT2D eigenvalue weighted by molar-refractivity contribution is 4.86. The van der Waals surface area contributed by atoms with Crippen LogP contribution in [0.4, 0.5) is 0 Å². The molecule has 2 fully saturated rings. The number of aliphatic hydroxyl groups excluding tert-OH is 1. The molecule has 0 amide bonds. The first-order valence-electron chi connectivity index (χ1n) is 8.28. The third-order valence-electron chi connectivity index (χ3n) is 5.58. The topological polar surface area (TPSA) is 20.2 Å². The van der Waals surface area contributed by atoms with Crippen LogP contribution in [0.15, 0.2) is 0 Å². The van der Waals surface area contributed by atoms with Gasteiger partial charge in [-0.15, -0.1) is 0 Å². The van der Waals surface area contributed by atoms with Gasteiger partial charge in [-0.3, -0.25) is 0 Å². The van der Waals surface area contributed by atoms with Crippen LogP contribution in [0.25, 0.3) is 0 Å². The van der Waals surface area contributed by atoms with Gasteiger partial charge >= 0.3 is 0 Å². The second-order valence-corrected chi connectivity index (χ2v) is 7.37. The van der Waals surface area contributed by atoms with Gasteiger partial charge < -0.3 is 5.11 Å². The molecule has 1 N–H and O–H groups in total. The van der Waals surface area contributed by atoms with Crippen LogP contribution in [-0.2, 0) is 0 Å². The summed E-state index contributed by atoms with van der Waals surface area (Å²) in [7, 11) is 0. The number of hydrogen-bond donors (Lipinski definition) is 1. The summed E-state index contributed by atoms with van der Waals surface area (Å²) in [5.41, 5.74) is 0. The zero-order valence-corrected chi connectivity index (χ0v) is 12.6. The molecule has 0 aromatic rings. The Labute approximate surface area is 113 Å². The van der Waals surface area contributed by atoms with Gasteiger partial charge in [-0.2, -0.15) is 0 Å². The lowest BCUT2D eigenvalue weighted by Crippen LogP contribution is -2.36. The Hall–Kier alpha value is -0.0400. The zero-order chi connectivity index (χ0) is 13.1. The Morgan fingerprint density at radius 3 is 2.22 bits per heavy atom. The predicted octanol–water partition coefficient (Wildman–Crippen LogP) is 4.64. The molecule has 0 aliphatic heterocycles. The molecule has 18 heavy (non-hydrogen) atoms. The van der Waals surface area contributed by atoms with E-state index >= 15 is 0 Å². The fourth-order valence-corrected chi connectivity index (χ4v) is 4.69. The molecule has 2 aliphatic carbocycles. The highest BCUT2D eigenvalue weighted by Crippen LogP contribution is 2.41. The van der Waals surface area contributed by atoms with Gasteiger partial charge in [0, 0.05) is 0 Å². The van der Waals surface area contributed by atoms with Gasteiger partial charge in [0.15, 0.2) is 0 Å². The van der Waals surface area contributed by atoms with Crippen LogP contribution in [0.3, 0.4) is 0 Å². The summed E-state index contributed by atoms with van der Waals surface area (Å²) in [6.07, 6.45) is 10.5. The Morgan fingerprint density at radius 1 is 0.944 bits per heavy atom. The van der Waals surface area contributed by atoms with E-state index in [0.29, 0.717) is 11.8 Å². The van der Waals surface area contributed by atoms with Crippen LogP contribution in [0.1, 0.15) is 72.1 Å². The average Bonchev–Trinajstić information content (AvgIpc) is 2.37. The van der Waals surface area contributed by atoms with Gasteiger partial charge in [0.25, 0.3) is 0 Å². The molecule has 0 bridgehead atoms. The van der Waals surface area contributed by atoms with Gasteiger partial charge in [0.2, 0.25) is 0 Å². The smallest absolute Gasteiger partial charge is 0.0596 e. The van der Waals surface area contributed by atoms with Crippen LogP contribution in [0.5, 0.6) is 0 Å². The summed E-state index contributed by atoms with van der Waals surface area (Å²) in [4.78, 5) is 0. The Bertz CT molecular complexity index is 240. The largest absolute Gasteiger partial charge is 0.393 e. The summed E-state index contributed by atoms with van der Waals surface area (Å²) in [6.45, 7) is 7.04. The number of hydrogen-bond acceptors (Lipinski definition) is 1. The van der Waals surface area contributed by atoms with E-state index in [1.54, 1.807) is 0 Å². The second kappa shape index (κ2) is 6.41. The fraction of sp³-hybridized carbons (Fsp3) is 1.00. The van der Waals surface area contributed by atoms with Crippen molar-refractivity contribution in [3.63, 3.8) is 0 Å². The lowest BCUT2D eigenvalue weighted by molar-refractivity contribution is -0.00749. The van der Waals surface area contributed by atoms with E-state index in [-0.39, 0.29) is 6.10 Å². The first-order valence-corrected chi connectivity index (χ1v) is 8.28. The molecule has 106 valence electrons.